The van der Waals surface area contributed by atoms with Crippen LogP contribution < -0.4 is 5.32 Å². The molecule has 2 fully saturated rings. The number of carbonyl (C=O) groups is 2. The maximum Gasteiger partial charge on any atom is 0.249 e. The number of piperazine rings is 1. The van der Waals surface area contributed by atoms with E-state index in [0.717, 1.165) is 32.1 Å². The molecule has 2 unspecified atom stereocenters. The molecule has 0 bridgehead atoms. The Balaban J connectivity index is 2.28. The molecule has 2 aliphatic rings. The quantitative estimate of drug-likeness (QED) is 0.859. The Kier molecular flexibility index (Phi) is 4.91. The van der Waals surface area contributed by atoms with Crippen LogP contribution in [0, 0.1) is 5.92 Å². The van der Waals surface area contributed by atoms with Crippen LogP contribution in [-0.2, 0) is 14.3 Å². The van der Waals surface area contributed by atoms with Gasteiger partial charge in [-0.2, -0.15) is 0 Å². The highest BCUT2D eigenvalue weighted by Gasteiger charge is 2.51. The number of rotatable bonds is 4. The number of nitrogens with one attached hydrogen (secondary N) is 1. The van der Waals surface area contributed by atoms with Gasteiger partial charge < -0.3 is 15.0 Å². The molecule has 1 saturated heterocycles. The highest BCUT2D eigenvalue weighted by molar-refractivity contribution is 6.00. The number of carbonyl (C=O) groups excluding carboxylic acids is 2. The summed E-state index contributed by atoms with van der Waals surface area (Å²) in [5, 5.41) is 3.06. The number of hydrogen-bond acceptors (Lipinski definition) is 3. The van der Waals surface area contributed by atoms with Gasteiger partial charge >= 0.3 is 0 Å². The number of amides is 2. The highest BCUT2D eigenvalue weighted by atomic mass is 16.5. The van der Waals surface area contributed by atoms with E-state index in [9.17, 15) is 9.59 Å². The summed E-state index contributed by atoms with van der Waals surface area (Å²) in [7, 11) is 1.64. The largest absolute Gasteiger partial charge is 0.380 e. The van der Waals surface area contributed by atoms with Crippen LogP contribution in [0.2, 0.25) is 0 Å². The predicted octanol–water partition coefficient (Wildman–Crippen LogP) is 1.71. The van der Waals surface area contributed by atoms with E-state index >= 15 is 0 Å². The SMILES string of the molecule is COC(C)CN1C(=O)C2(CCCCC2)NC(=O)C1C(C)C. The van der Waals surface area contributed by atoms with Gasteiger partial charge in [0, 0.05) is 13.7 Å². The average Bonchev–Trinajstić information content (AvgIpc) is 2.44. The van der Waals surface area contributed by atoms with E-state index in [1.54, 1.807) is 12.0 Å². The second-order valence-electron chi connectivity index (χ2n) is 6.82. The molecule has 1 aliphatic carbocycles. The van der Waals surface area contributed by atoms with Crippen LogP contribution in [-0.4, -0.2) is 48.1 Å². The van der Waals surface area contributed by atoms with Crippen LogP contribution in [0.3, 0.4) is 0 Å². The van der Waals surface area contributed by atoms with E-state index in [2.05, 4.69) is 5.32 Å². The zero-order chi connectivity index (χ0) is 15.6. The van der Waals surface area contributed by atoms with Crippen LogP contribution in [0.25, 0.3) is 0 Å². The van der Waals surface area contributed by atoms with Gasteiger partial charge in [-0.1, -0.05) is 33.1 Å². The molecule has 120 valence electrons. The van der Waals surface area contributed by atoms with Gasteiger partial charge in [-0.3, -0.25) is 9.59 Å². The lowest BCUT2D eigenvalue weighted by Crippen LogP contribution is -2.72. The summed E-state index contributed by atoms with van der Waals surface area (Å²) in [6, 6.07) is -0.386. The summed E-state index contributed by atoms with van der Waals surface area (Å²) < 4.78 is 5.31. The minimum atomic E-state index is -0.659. The van der Waals surface area contributed by atoms with Gasteiger partial charge in [-0.25, -0.2) is 0 Å². The van der Waals surface area contributed by atoms with Crippen molar-refractivity contribution in [1.82, 2.24) is 10.2 Å². The van der Waals surface area contributed by atoms with Crippen molar-refractivity contribution in [3.8, 4) is 0 Å². The van der Waals surface area contributed by atoms with Crippen molar-refractivity contribution in [2.75, 3.05) is 13.7 Å². The Labute approximate surface area is 127 Å². The van der Waals surface area contributed by atoms with Crippen LogP contribution in [0.1, 0.15) is 52.9 Å². The molecule has 1 N–H and O–H groups in total. The van der Waals surface area contributed by atoms with E-state index in [1.807, 2.05) is 20.8 Å². The molecule has 1 saturated carbocycles. The first-order chi connectivity index (χ1) is 9.91. The molecule has 2 amide bonds. The van der Waals surface area contributed by atoms with Crippen LogP contribution >= 0.6 is 0 Å². The summed E-state index contributed by atoms with van der Waals surface area (Å²) in [5.41, 5.74) is -0.659. The second-order valence-corrected chi connectivity index (χ2v) is 6.82. The van der Waals surface area contributed by atoms with E-state index in [-0.39, 0.29) is 29.9 Å². The van der Waals surface area contributed by atoms with Crippen molar-refractivity contribution in [2.24, 2.45) is 5.92 Å². The molecule has 1 aliphatic heterocycles. The van der Waals surface area contributed by atoms with Crippen molar-refractivity contribution in [1.29, 1.82) is 0 Å². The highest BCUT2D eigenvalue weighted by Crippen LogP contribution is 2.34. The van der Waals surface area contributed by atoms with Gasteiger partial charge in [-0.05, 0) is 25.7 Å². The zero-order valence-electron chi connectivity index (χ0n) is 13.6. The zero-order valence-corrected chi connectivity index (χ0v) is 13.6. The molecule has 21 heavy (non-hydrogen) atoms. The molecular weight excluding hydrogens is 268 g/mol. The fourth-order valence-electron chi connectivity index (χ4n) is 3.61. The van der Waals surface area contributed by atoms with Gasteiger partial charge in [0.15, 0.2) is 0 Å². The maximum atomic E-state index is 13.1. The molecule has 1 heterocycles. The molecule has 0 aromatic heterocycles. The first kappa shape index (κ1) is 16.3. The molecule has 2 rings (SSSR count). The second kappa shape index (κ2) is 6.34. The predicted molar refractivity (Wildman–Crippen MR) is 80.8 cm³/mol. The van der Waals surface area contributed by atoms with Crippen LogP contribution in [0.5, 0.6) is 0 Å². The number of hydrogen-bond donors (Lipinski definition) is 1. The number of ether oxygens (including phenoxy) is 1. The van der Waals surface area contributed by atoms with Gasteiger partial charge in [0.05, 0.1) is 6.10 Å². The lowest BCUT2D eigenvalue weighted by atomic mass is 9.77. The van der Waals surface area contributed by atoms with Crippen molar-refractivity contribution < 1.29 is 14.3 Å². The Morgan fingerprint density at radius 3 is 2.38 bits per heavy atom. The molecule has 5 nitrogen and oxygen atoms in total. The van der Waals surface area contributed by atoms with Crippen LogP contribution in [0.4, 0.5) is 0 Å². The van der Waals surface area contributed by atoms with Gasteiger partial charge in [0.2, 0.25) is 11.8 Å². The van der Waals surface area contributed by atoms with Crippen molar-refractivity contribution in [3.63, 3.8) is 0 Å². The Hall–Kier alpha value is -1.10. The molecule has 0 aromatic carbocycles. The van der Waals surface area contributed by atoms with Gasteiger partial charge in [-0.15, -0.1) is 0 Å². The smallest absolute Gasteiger partial charge is 0.249 e. The average molecular weight is 296 g/mol. The normalized spacial score (nSPS) is 27.1. The molecule has 5 heteroatoms. The fraction of sp³-hybridized carbons (Fsp3) is 0.875. The summed E-state index contributed by atoms with van der Waals surface area (Å²) in [4.78, 5) is 27.4. The topological polar surface area (TPSA) is 58.6 Å². The minimum absolute atomic E-state index is 0.00481. The molecule has 0 radical (unpaired) electrons. The number of nitrogens with zero attached hydrogens (tertiary/aromatic N) is 1. The van der Waals surface area contributed by atoms with Crippen molar-refractivity contribution in [2.45, 2.75) is 70.6 Å². The maximum absolute atomic E-state index is 13.1. The summed E-state index contributed by atoms with van der Waals surface area (Å²) in [5.74, 6) is 0.179. The van der Waals surface area contributed by atoms with Crippen LogP contribution in [0.15, 0.2) is 0 Å². The van der Waals surface area contributed by atoms with Crippen molar-refractivity contribution >= 4 is 11.8 Å². The standard InChI is InChI=1S/C16H28N2O3/c1-11(2)13-14(19)17-16(8-6-5-7-9-16)15(20)18(13)10-12(3)21-4/h11-13H,5-10H2,1-4H3,(H,17,19). The van der Waals surface area contributed by atoms with E-state index in [1.165, 1.54) is 0 Å². The van der Waals surface area contributed by atoms with E-state index < -0.39 is 5.54 Å². The first-order valence-electron chi connectivity index (χ1n) is 8.07. The Morgan fingerprint density at radius 2 is 1.86 bits per heavy atom. The van der Waals surface area contributed by atoms with Gasteiger partial charge in [0.25, 0.3) is 0 Å². The van der Waals surface area contributed by atoms with Gasteiger partial charge in [0.1, 0.15) is 11.6 Å². The Morgan fingerprint density at radius 1 is 1.24 bits per heavy atom. The molecule has 2 atom stereocenters. The third kappa shape index (κ3) is 3.07. The Bertz CT molecular complexity index is 402. The summed E-state index contributed by atoms with van der Waals surface area (Å²) in [6.07, 6.45) is 4.62. The lowest BCUT2D eigenvalue weighted by Gasteiger charge is -2.49. The van der Waals surface area contributed by atoms with E-state index in [0.29, 0.717) is 6.54 Å². The number of methoxy groups -OCH3 is 1. The summed E-state index contributed by atoms with van der Waals surface area (Å²) >= 11 is 0. The molecular formula is C16H28N2O3. The third-order valence-electron chi connectivity index (χ3n) is 4.83. The molecule has 0 aromatic rings. The monoisotopic (exact) mass is 296 g/mol. The minimum Gasteiger partial charge on any atom is -0.380 e. The molecule has 1 spiro atoms. The lowest BCUT2D eigenvalue weighted by molar-refractivity contribution is -0.160. The van der Waals surface area contributed by atoms with E-state index in [4.69, 9.17) is 4.74 Å². The third-order valence-corrected chi connectivity index (χ3v) is 4.83. The summed E-state index contributed by atoms with van der Waals surface area (Å²) in [6.45, 7) is 6.39. The fourth-order valence-corrected chi connectivity index (χ4v) is 3.61. The first-order valence-corrected chi connectivity index (χ1v) is 8.07. The van der Waals surface area contributed by atoms with Crippen molar-refractivity contribution in [3.05, 3.63) is 0 Å².